The molecule has 3 nitrogen and oxygen atoms in total. The highest BCUT2D eigenvalue weighted by Gasteiger charge is 2.32. The Labute approximate surface area is 129 Å². The molecule has 0 atom stereocenters. The Balaban J connectivity index is 1.77. The van der Waals surface area contributed by atoms with E-state index in [2.05, 4.69) is 5.32 Å². The molecule has 1 saturated heterocycles. The van der Waals surface area contributed by atoms with E-state index in [1.807, 2.05) is 31.2 Å². The van der Waals surface area contributed by atoms with Crippen LogP contribution < -0.4 is 10.1 Å². The van der Waals surface area contributed by atoms with Crippen molar-refractivity contribution in [2.45, 2.75) is 38.5 Å². The van der Waals surface area contributed by atoms with Crippen molar-refractivity contribution in [3.63, 3.8) is 0 Å². The first kappa shape index (κ1) is 17.1. The van der Waals surface area contributed by atoms with Crippen LogP contribution in [0.25, 0.3) is 0 Å². The first-order chi connectivity index (χ1) is 10.5. The van der Waals surface area contributed by atoms with Gasteiger partial charge in [-0.3, -0.25) is 4.90 Å². The summed E-state index contributed by atoms with van der Waals surface area (Å²) in [4.78, 5) is 1.48. The van der Waals surface area contributed by atoms with Crippen molar-refractivity contribution in [2.75, 3.05) is 26.2 Å². The summed E-state index contributed by atoms with van der Waals surface area (Å²) in [5.41, 5.74) is 1.09. The number of benzene rings is 1. The molecule has 22 heavy (non-hydrogen) atoms. The van der Waals surface area contributed by atoms with Gasteiger partial charge in [-0.05, 0) is 38.9 Å². The summed E-state index contributed by atoms with van der Waals surface area (Å²) in [5, 5.41) is 3.43. The fraction of sp³-hybridized carbons (Fsp3) is 0.625. The minimum Gasteiger partial charge on any atom is -0.494 e. The summed E-state index contributed by atoms with van der Waals surface area (Å²) in [5.74, 6) is 0.868. The molecule has 1 aliphatic rings. The SMILES string of the molecule is CCOc1ccccc1CNC1CCN(CC(F)(F)F)CC1. The number of hydrogen-bond acceptors (Lipinski definition) is 3. The third-order valence-electron chi connectivity index (χ3n) is 3.84. The topological polar surface area (TPSA) is 24.5 Å². The zero-order valence-corrected chi connectivity index (χ0v) is 12.8. The number of likely N-dealkylation sites (tertiary alicyclic amines) is 1. The number of ether oxygens (including phenoxy) is 1. The predicted octanol–water partition coefficient (Wildman–Crippen LogP) is 3.20. The maximum atomic E-state index is 12.4. The molecule has 0 radical (unpaired) electrons. The summed E-state index contributed by atoms with van der Waals surface area (Å²) in [7, 11) is 0. The number of nitrogens with zero attached hydrogens (tertiary/aromatic N) is 1. The smallest absolute Gasteiger partial charge is 0.401 e. The van der Waals surface area contributed by atoms with Crippen molar-refractivity contribution >= 4 is 0 Å². The average Bonchev–Trinajstić information content (AvgIpc) is 2.47. The van der Waals surface area contributed by atoms with Crippen LogP contribution in [-0.2, 0) is 6.54 Å². The number of rotatable bonds is 6. The molecule has 1 aliphatic heterocycles. The molecule has 2 rings (SSSR count). The van der Waals surface area contributed by atoms with E-state index >= 15 is 0 Å². The number of nitrogens with one attached hydrogen (secondary N) is 1. The quantitative estimate of drug-likeness (QED) is 0.872. The Morgan fingerprint density at radius 2 is 1.91 bits per heavy atom. The van der Waals surface area contributed by atoms with Crippen molar-refractivity contribution in [1.29, 1.82) is 0 Å². The van der Waals surface area contributed by atoms with Crippen LogP contribution in [0, 0.1) is 0 Å². The van der Waals surface area contributed by atoms with Gasteiger partial charge in [-0.15, -0.1) is 0 Å². The average molecular weight is 316 g/mol. The highest BCUT2D eigenvalue weighted by atomic mass is 19.4. The highest BCUT2D eigenvalue weighted by Crippen LogP contribution is 2.21. The van der Waals surface area contributed by atoms with Crippen LogP contribution in [0.4, 0.5) is 13.2 Å². The molecule has 1 N–H and O–H groups in total. The maximum absolute atomic E-state index is 12.4. The molecule has 1 heterocycles. The van der Waals surface area contributed by atoms with Crippen LogP contribution in [-0.4, -0.2) is 43.4 Å². The first-order valence-electron chi connectivity index (χ1n) is 7.71. The zero-order chi connectivity index (χ0) is 16.0. The summed E-state index contributed by atoms with van der Waals surface area (Å²) in [6.45, 7) is 3.43. The molecule has 6 heteroatoms. The van der Waals surface area contributed by atoms with Crippen LogP contribution >= 0.6 is 0 Å². The Morgan fingerprint density at radius 3 is 2.55 bits per heavy atom. The lowest BCUT2D eigenvalue weighted by molar-refractivity contribution is -0.148. The van der Waals surface area contributed by atoms with Crippen LogP contribution in [0.5, 0.6) is 5.75 Å². The maximum Gasteiger partial charge on any atom is 0.401 e. The van der Waals surface area contributed by atoms with Gasteiger partial charge < -0.3 is 10.1 Å². The van der Waals surface area contributed by atoms with E-state index in [4.69, 9.17) is 4.74 Å². The van der Waals surface area contributed by atoms with Crippen molar-refractivity contribution < 1.29 is 17.9 Å². The molecule has 0 aromatic heterocycles. The Morgan fingerprint density at radius 1 is 1.23 bits per heavy atom. The van der Waals surface area contributed by atoms with Crippen molar-refractivity contribution in [3.8, 4) is 5.75 Å². The van der Waals surface area contributed by atoms with Gasteiger partial charge in [0, 0.05) is 18.2 Å². The lowest BCUT2D eigenvalue weighted by atomic mass is 10.0. The molecule has 1 aromatic rings. The molecule has 0 amide bonds. The lowest BCUT2D eigenvalue weighted by Gasteiger charge is -2.32. The largest absolute Gasteiger partial charge is 0.494 e. The van der Waals surface area contributed by atoms with Crippen molar-refractivity contribution in [3.05, 3.63) is 29.8 Å². The second-order valence-electron chi connectivity index (χ2n) is 5.59. The minimum atomic E-state index is -4.10. The molecular formula is C16H23F3N2O. The number of alkyl halides is 3. The van der Waals surface area contributed by atoms with Gasteiger partial charge in [0.15, 0.2) is 0 Å². The number of hydrogen-bond donors (Lipinski definition) is 1. The summed E-state index contributed by atoms with van der Waals surface area (Å²) in [6.07, 6.45) is -2.61. The summed E-state index contributed by atoms with van der Waals surface area (Å²) < 4.78 is 42.6. The zero-order valence-electron chi connectivity index (χ0n) is 12.8. The van der Waals surface area contributed by atoms with E-state index in [9.17, 15) is 13.2 Å². The van der Waals surface area contributed by atoms with E-state index < -0.39 is 12.7 Å². The van der Waals surface area contributed by atoms with Crippen molar-refractivity contribution in [1.82, 2.24) is 10.2 Å². The van der Waals surface area contributed by atoms with Gasteiger partial charge in [-0.2, -0.15) is 13.2 Å². The second-order valence-corrected chi connectivity index (χ2v) is 5.59. The molecule has 1 fully saturated rings. The molecule has 0 unspecified atom stereocenters. The third kappa shape index (κ3) is 5.50. The van der Waals surface area contributed by atoms with Crippen LogP contribution in [0.1, 0.15) is 25.3 Å². The normalized spacial score (nSPS) is 17.6. The fourth-order valence-electron chi connectivity index (χ4n) is 2.75. The number of piperidine rings is 1. The lowest BCUT2D eigenvalue weighted by Crippen LogP contribution is -2.45. The van der Waals surface area contributed by atoms with E-state index in [0.717, 1.165) is 24.2 Å². The molecule has 0 saturated carbocycles. The summed E-state index contributed by atoms with van der Waals surface area (Å²) >= 11 is 0. The van der Waals surface area contributed by atoms with Crippen LogP contribution in [0.2, 0.25) is 0 Å². The third-order valence-corrected chi connectivity index (χ3v) is 3.84. The summed E-state index contributed by atoms with van der Waals surface area (Å²) in [6, 6.07) is 8.11. The van der Waals surface area contributed by atoms with Crippen LogP contribution in [0.3, 0.4) is 0 Å². The van der Waals surface area contributed by atoms with Gasteiger partial charge in [0.2, 0.25) is 0 Å². The molecule has 0 spiro atoms. The minimum absolute atomic E-state index is 0.263. The number of para-hydroxylation sites is 1. The Bertz CT molecular complexity index is 457. The molecule has 0 aliphatic carbocycles. The van der Waals surface area contributed by atoms with E-state index in [0.29, 0.717) is 26.2 Å². The van der Waals surface area contributed by atoms with Crippen molar-refractivity contribution in [2.24, 2.45) is 0 Å². The molecular weight excluding hydrogens is 293 g/mol. The van der Waals surface area contributed by atoms with E-state index in [-0.39, 0.29) is 6.04 Å². The first-order valence-corrected chi connectivity index (χ1v) is 7.71. The van der Waals surface area contributed by atoms with Gasteiger partial charge in [0.1, 0.15) is 5.75 Å². The van der Waals surface area contributed by atoms with E-state index in [1.54, 1.807) is 0 Å². The Hall–Kier alpha value is -1.27. The van der Waals surface area contributed by atoms with Gasteiger partial charge >= 0.3 is 6.18 Å². The van der Waals surface area contributed by atoms with E-state index in [1.165, 1.54) is 4.90 Å². The highest BCUT2D eigenvalue weighted by molar-refractivity contribution is 5.33. The monoisotopic (exact) mass is 316 g/mol. The Kier molecular flexibility index (Phi) is 6.08. The number of halogens is 3. The molecule has 1 aromatic carbocycles. The second kappa shape index (κ2) is 7.83. The van der Waals surface area contributed by atoms with Gasteiger partial charge in [-0.25, -0.2) is 0 Å². The standard InChI is InChI=1S/C16H23F3N2O/c1-2-22-15-6-4-3-5-13(15)11-20-14-7-9-21(10-8-14)12-16(17,18)19/h3-6,14,20H,2,7-12H2,1H3. The van der Waals surface area contributed by atoms with Gasteiger partial charge in [-0.1, -0.05) is 18.2 Å². The van der Waals surface area contributed by atoms with Gasteiger partial charge in [0.25, 0.3) is 0 Å². The molecule has 124 valence electrons. The van der Waals surface area contributed by atoms with Crippen LogP contribution in [0.15, 0.2) is 24.3 Å². The fourth-order valence-corrected chi connectivity index (χ4v) is 2.75. The van der Waals surface area contributed by atoms with Gasteiger partial charge in [0.05, 0.1) is 13.2 Å². The predicted molar refractivity (Wildman–Crippen MR) is 80.0 cm³/mol. The molecule has 0 bridgehead atoms.